The second-order valence-electron chi connectivity index (χ2n) is 3.94. The van der Waals surface area contributed by atoms with Gasteiger partial charge < -0.3 is 4.84 Å². The Balaban J connectivity index is 2.30. The molecule has 0 aromatic heterocycles. The predicted molar refractivity (Wildman–Crippen MR) is 58.9 cm³/mol. The van der Waals surface area contributed by atoms with Crippen molar-refractivity contribution in [3.05, 3.63) is 11.6 Å². The highest BCUT2D eigenvalue weighted by molar-refractivity contribution is 5.87. The fourth-order valence-corrected chi connectivity index (χ4v) is 1.65. The molecule has 1 aliphatic rings. The Bertz CT molecular complexity index is 251. The summed E-state index contributed by atoms with van der Waals surface area (Å²) in [4.78, 5) is 18.6. The number of likely N-dealkylation sites (tertiary alicyclic amines) is 1. The van der Waals surface area contributed by atoms with Crippen LogP contribution in [0.3, 0.4) is 0 Å². The summed E-state index contributed by atoms with van der Waals surface area (Å²) in [7, 11) is 2.02. The Labute approximate surface area is 91.2 Å². The Morgan fingerprint density at radius 2 is 2.40 bits per heavy atom. The van der Waals surface area contributed by atoms with E-state index in [2.05, 4.69) is 10.4 Å². The largest absolute Gasteiger partial charge is 0.365 e. The highest BCUT2D eigenvalue weighted by Crippen LogP contribution is 2.12. The number of hydrogen-bond donors (Lipinski definition) is 1. The van der Waals surface area contributed by atoms with Crippen LogP contribution in [0, 0.1) is 0 Å². The first kappa shape index (κ1) is 12.2. The molecule has 0 amide bonds. The smallest absolute Gasteiger partial charge is 0.352 e. The van der Waals surface area contributed by atoms with E-state index < -0.39 is 0 Å². The van der Waals surface area contributed by atoms with Crippen LogP contribution in [0.15, 0.2) is 11.6 Å². The Morgan fingerprint density at radius 3 is 2.93 bits per heavy atom. The van der Waals surface area contributed by atoms with Crippen LogP contribution in [0.5, 0.6) is 0 Å². The molecule has 1 N–H and O–H groups in total. The van der Waals surface area contributed by atoms with Crippen molar-refractivity contribution in [2.45, 2.75) is 39.3 Å². The molecule has 0 aromatic rings. The second kappa shape index (κ2) is 5.88. The maximum absolute atomic E-state index is 11.4. The number of carbonyl (C=O) groups is 1. The first-order chi connectivity index (χ1) is 7.15. The van der Waals surface area contributed by atoms with Crippen LogP contribution in [0.1, 0.15) is 33.1 Å². The van der Waals surface area contributed by atoms with Gasteiger partial charge >= 0.3 is 5.97 Å². The van der Waals surface area contributed by atoms with Gasteiger partial charge in [-0.3, -0.25) is 4.90 Å². The number of hydroxylamine groups is 1. The monoisotopic (exact) mass is 212 g/mol. The van der Waals surface area contributed by atoms with E-state index in [1.54, 1.807) is 6.92 Å². The molecule has 1 fully saturated rings. The molecule has 1 heterocycles. The molecule has 0 saturated carbocycles. The second-order valence-corrected chi connectivity index (χ2v) is 3.94. The average Bonchev–Trinajstić information content (AvgIpc) is 2.61. The van der Waals surface area contributed by atoms with E-state index in [4.69, 9.17) is 4.84 Å². The molecule has 1 aliphatic heterocycles. The zero-order chi connectivity index (χ0) is 11.3. The van der Waals surface area contributed by atoms with Crippen LogP contribution >= 0.6 is 0 Å². The Morgan fingerprint density at radius 1 is 1.67 bits per heavy atom. The number of allylic oxidation sites excluding steroid dienone is 1. The molecule has 4 nitrogen and oxygen atoms in total. The van der Waals surface area contributed by atoms with Gasteiger partial charge in [0, 0.05) is 5.57 Å². The topological polar surface area (TPSA) is 41.6 Å². The first-order valence-corrected chi connectivity index (χ1v) is 5.48. The first-order valence-electron chi connectivity index (χ1n) is 5.48. The number of carbonyl (C=O) groups excluding carboxylic acids is 1. The molecule has 15 heavy (non-hydrogen) atoms. The van der Waals surface area contributed by atoms with Gasteiger partial charge in [0.1, 0.15) is 0 Å². The zero-order valence-corrected chi connectivity index (χ0v) is 9.75. The highest BCUT2D eigenvalue weighted by atomic mass is 16.7. The maximum Gasteiger partial charge on any atom is 0.352 e. The molecule has 0 spiro atoms. The van der Waals surface area contributed by atoms with Gasteiger partial charge in [0.15, 0.2) is 0 Å². The Hall–Kier alpha value is -0.870. The van der Waals surface area contributed by atoms with Crippen LogP contribution in [0.2, 0.25) is 0 Å². The minimum absolute atomic E-state index is 0.170. The predicted octanol–water partition coefficient (Wildman–Crippen LogP) is 1.44. The molecule has 86 valence electrons. The standard InChI is InChI=1S/C11H20N2O2/c1-4-6-9(2)11(14)15-12-10-7-5-8-13(10)3/h6,10,12H,4-5,7-8H2,1-3H3. The molecule has 1 saturated heterocycles. The van der Waals surface area contributed by atoms with Crippen LogP contribution in [0.25, 0.3) is 0 Å². The molecule has 1 atom stereocenters. The molecule has 0 aliphatic carbocycles. The van der Waals surface area contributed by atoms with E-state index in [1.807, 2.05) is 20.0 Å². The highest BCUT2D eigenvalue weighted by Gasteiger charge is 2.21. The SMILES string of the molecule is CCC=C(C)C(=O)ONC1CCCN1C. The zero-order valence-electron chi connectivity index (χ0n) is 9.75. The van der Waals surface area contributed by atoms with Crippen molar-refractivity contribution in [3.8, 4) is 0 Å². The lowest BCUT2D eigenvalue weighted by Gasteiger charge is -2.19. The van der Waals surface area contributed by atoms with E-state index in [0.717, 1.165) is 25.8 Å². The van der Waals surface area contributed by atoms with Gasteiger partial charge in [0.2, 0.25) is 0 Å². The van der Waals surface area contributed by atoms with Gasteiger partial charge in [-0.05, 0) is 39.8 Å². The van der Waals surface area contributed by atoms with E-state index in [9.17, 15) is 4.79 Å². The van der Waals surface area contributed by atoms with Crippen molar-refractivity contribution in [1.82, 2.24) is 10.4 Å². The van der Waals surface area contributed by atoms with Crippen LogP contribution in [-0.4, -0.2) is 30.6 Å². The van der Waals surface area contributed by atoms with E-state index in [0.29, 0.717) is 5.57 Å². The van der Waals surface area contributed by atoms with Crippen molar-refractivity contribution >= 4 is 5.97 Å². The normalized spacial score (nSPS) is 23.1. The molecule has 4 heteroatoms. The van der Waals surface area contributed by atoms with Gasteiger partial charge in [-0.15, -0.1) is 5.48 Å². The van der Waals surface area contributed by atoms with Gasteiger partial charge in [0.25, 0.3) is 0 Å². The number of rotatable bonds is 4. The van der Waals surface area contributed by atoms with Crippen LogP contribution < -0.4 is 5.48 Å². The van der Waals surface area contributed by atoms with Crippen molar-refractivity contribution in [1.29, 1.82) is 0 Å². The van der Waals surface area contributed by atoms with Crippen molar-refractivity contribution in [2.75, 3.05) is 13.6 Å². The Kier molecular flexibility index (Phi) is 4.78. The van der Waals surface area contributed by atoms with Gasteiger partial charge in [0.05, 0.1) is 6.17 Å². The molecule has 0 radical (unpaired) electrons. The maximum atomic E-state index is 11.4. The van der Waals surface area contributed by atoms with Gasteiger partial charge in [-0.25, -0.2) is 4.79 Å². The quantitative estimate of drug-likeness (QED) is 0.565. The fraction of sp³-hybridized carbons (Fsp3) is 0.727. The third-order valence-electron chi connectivity index (χ3n) is 2.64. The summed E-state index contributed by atoms with van der Waals surface area (Å²) in [6, 6.07) is 0. The molecular formula is C11H20N2O2. The van der Waals surface area contributed by atoms with Crippen molar-refractivity contribution in [2.24, 2.45) is 0 Å². The minimum Gasteiger partial charge on any atom is -0.365 e. The lowest BCUT2D eigenvalue weighted by Crippen LogP contribution is -2.40. The summed E-state index contributed by atoms with van der Waals surface area (Å²) in [6.07, 6.45) is 5.06. The van der Waals surface area contributed by atoms with E-state index in [-0.39, 0.29) is 12.1 Å². The van der Waals surface area contributed by atoms with Crippen molar-refractivity contribution < 1.29 is 9.63 Å². The molecule has 0 bridgehead atoms. The van der Waals surface area contributed by atoms with Gasteiger partial charge in [-0.1, -0.05) is 13.0 Å². The van der Waals surface area contributed by atoms with E-state index >= 15 is 0 Å². The fourth-order valence-electron chi connectivity index (χ4n) is 1.65. The number of nitrogens with zero attached hydrogens (tertiary/aromatic N) is 1. The van der Waals surface area contributed by atoms with Gasteiger partial charge in [-0.2, -0.15) is 0 Å². The average molecular weight is 212 g/mol. The number of nitrogens with one attached hydrogen (secondary N) is 1. The lowest BCUT2D eigenvalue weighted by atomic mass is 10.2. The molecular weight excluding hydrogens is 192 g/mol. The molecule has 0 aromatic carbocycles. The third-order valence-corrected chi connectivity index (χ3v) is 2.64. The summed E-state index contributed by atoms with van der Waals surface area (Å²) in [6.45, 7) is 4.82. The molecule has 1 rings (SSSR count). The summed E-state index contributed by atoms with van der Waals surface area (Å²) in [5.74, 6) is -0.280. The lowest BCUT2D eigenvalue weighted by molar-refractivity contribution is -0.150. The summed E-state index contributed by atoms with van der Waals surface area (Å²) >= 11 is 0. The number of hydrogen-bond acceptors (Lipinski definition) is 4. The minimum atomic E-state index is -0.280. The van der Waals surface area contributed by atoms with Crippen molar-refractivity contribution in [3.63, 3.8) is 0 Å². The van der Waals surface area contributed by atoms with Crippen LogP contribution in [-0.2, 0) is 9.63 Å². The summed E-state index contributed by atoms with van der Waals surface area (Å²) in [5, 5.41) is 0. The third kappa shape index (κ3) is 3.64. The van der Waals surface area contributed by atoms with Crippen LogP contribution in [0.4, 0.5) is 0 Å². The summed E-state index contributed by atoms with van der Waals surface area (Å²) in [5.41, 5.74) is 3.46. The van der Waals surface area contributed by atoms with E-state index in [1.165, 1.54) is 0 Å². The summed E-state index contributed by atoms with van der Waals surface area (Å²) < 4.78 is 0. The molecule has 1 unspecified atom stereocenters.